The summed E-state index contributed by atoms with van der Waals surface area (Å²) in [6.07, 6.45) is -1.84. The van der Waals surface area contributed by atoms with E-state index in [9.17, 15) is 13.2 Å². The Labute approximate surface area is 177 Å². The van der Waals surface area contributed by atoms with Crippen molar-refractivity contribution in [2.45, 2.75) is 30.8 Å². The molecule has 2 N–H and O–H groups in total. The fourth-order valence-electron chi connectivity index (χ4n) is 4.56. The van der Waals surface area contributed by atoms with Crippen LogP contribution in [-0.2, 0) is 10.9 Å². The molecule has 31 heavy (non-hydrogen) atoms. The normalized spacial score (nSPS) is 24.2. The van der Waals surface area contributed by atoms with Crippen LogP contribution in [0.25, 0.3) is 11.0 Å². The van der Waals surface area contributed by atoms with Crippen molar-refractivity contribution in [3.63, 3.8) is 0 Å². The average Bonchev–Trinajstić information content (AvgIpc) is 3.41. The van der Waals surface area contributed by atoms with Gasteiger partial charge in [0.25, 0.3) is 0 Å². The minimum Gasteiger partial charge on any atom is -0.491 e. The monoisotopic (exact) mass is 432 g/mol. The van der Waals surface area contributed by atoms with Gasteiger partial charge in [-0.2, -0.15) is 13.2 Å². The molecular weight excluding hydrogens is 409 g/mol. The van der Waals surface area contributed by atoms with Crippen molar-refractivity contribution in [2.24, 2.45) is 0 Å². The second-order valence-corrected chi connectivity index (χ2v) is 7.98. The molecule has 0 spiro atoms. The number of methoxy groups -OCH3 is 1. The predicted octanol–water partition coefficient (Wildman–Crippen LogP) is 4.22. The van der Waals surface area contributed by atoms with Gasteiger partial charge in [0.2, 0.25) is 0 Å². The number of likely N-dealkylation sites (tertiary alicyclic amines) is 1. The molecule has 1 fully saturated rings. The van der Waals surface area contributed by atoms with Crippen LogP contribution in [0, 0.1) is 0 Å². The molecule has 1 aromatic carbocycles. The number of nitrogens with zero attached hydrogens (tertiary/aromatic N) is 2. The lowest BCUT2D eigenvalue weighted by molar-refractivity contribution is -0.140. The van der Waals surface area contributed by atoms with Gasteiger partial charge in [0, 0.05) is 43.0 Å². The molecule has 0 saturated carbocycles. The first-order valence-electron chi connectivity index (χ1n) is 10.2. The van der Waals surface area contributed by atoms with E-state index in [4.69, 9.17) is 9.47 Å². The van der Waals surface area contributed by atoms with Crippen molar-refractivity contribution >= 4 is 16.7 Å². The van der Waals surface area contributed by atoms with Crippen LogP contribution in [0.5, 0.6) is 5.75 Å². The van der Waals surface area contributed by atoms with Crippen LogP contribution >= 0.6 is 0 Å². The summed E-state index contributed by atoms with van der Waals surface area (Å²) in [4.78, 5) is 8.80. The third-order valence-corrected chi connectivity index (χ3v) is 6.18. The molecule has 5 rings (SSSR count). The Morgan fingerprint density at radius 2 is 2.10 bits per heavy atom. The molecule has 164 valence electrons. The predicted molar refractivity (Wildman–Crippen MR) is 110 cm³/mol. The lowest BCUT2D eigenvalue weighted by atomic mass is 9.94. The van der Waals surface area contributed by atoms with Gasteiger partial charge in [-0.3, -0.25) is 4.90 Å². The smallest absolute Gasteiger partial charge is 0.431 e. The molecule has 0 unspecified atom stereocenters. The van der Waals surface area contributed by atoms with Gasteiger partial charge < -0.3 is 19.8 Å². The van der Waals surface area contributed by atoms with E-state index < -0.39 is 11.9 Å². The van der Waals surface area contributed by atoms with Crippen molar-refractivity contribution in [3.05, 3.63) is 53.9 Å². The highest BCUT2D eigenvalue weighted by Gasteiger charge is 2.39. The van der Waals surface area contributed by atoms with E-state index in [0.717, 1.165) is 36.9 Å². The third-order valence-electron chi connectivity index (χ3n) is 6.18. The van der Waals surface area contributed by atoms with Gasteiger partial charge in [-0.1, -0.05) is 18.2 Å². The van der Waals surface area contributed by atoms with E-state index in [-0.39, 0.29) is 23.8 Å². The number of aromatic amines is 1. The zero-order valence-corrected chi connectivity index (χ0v) is 16.9. The summed E-state index contributed by atoms with van der Waals surface area (Å²) in [6, 6.07) is 10.5. The van der Waals surface area contributed by atoms with E-state index in [1.54, 1.807) is 13.2 Å². The minimum absolute atomic E-state index is 0.0132. The number of para-hydroxylation sites is 1. The number of nitrogens with one attached hydrogen (secondary N) is 2. The highest BCUT2D eigenvalue weighted by Crippen LogP contribution is 2.39. The molecule has 0 amide bonds. The minimum atomic E-state index is -4.46. The Morgan fingerprint density at radius 1 is 1.26 bits per heavy atom. The number of pyridine rings is 1. The number of aromatic nitrogens is 2. The number of H-pyrrole nitrogens is 1. The van der Waals surface area contributed by atoms with Crippen LogP contribution in [0.2, 0.25) is 0 Å². The summed E-state index contributed by atoms with van der Waals surface area (Å²) in [6.45, 7) is 2.15. The number of halogens is 3. The number of hydrogen-bond acceptors (Lipinski definition) is 5. The summed E-state index contributed by atoms with van der Waals surface area (Å²) in [5.74, 6) is 0.786. The standard InChI is InChI=1S/C22H23F3N4O2/c1-30-13-7-9-29(11-13)17-12-31-18-5-3-2-4-14(18)20(17)27-16-6-8-26-21-15(16)10-19(28-21)22(23,24)25/h2-6,8,10,13,17,20H,7,9,11-12H2,1H3,(H2,26,27,28)/t13-,17-,20-/m0/s1. The van der Waals surface area contributed by atoms with Gasteiger partial charge in [-0.25, -0.2) is 4.98 Å². The van der Waals surface area contributed by atoms with Gasteiger partial charge in [0.1, 0.15) is 23.7 Å². The molecule has 2 aliphatic rings. The largest absolute Gasteiger partial charge is 0.491 e. The Morgan fingerprint density at radius 3 is 2.87 bits per heavy atom. The number of benzene rings is 1. The summed E-state index contributed by atoms with van der Waals surface area (Å²) in [5.41, 5.74) is 0.979. The van der Waals surface area contributed by atoms with E-state index in [1.165, 1.54) is 6.20 Å². The zero-order valence-electron chi connectivity index (χ0n) is 16.9. The molecule has 2 aromatic heterocycles. The first-order valence-corrected chi connectivity index (χ1v) is 10.2. The summed E-state index contributed by atoms with van der Waals surface area (Å²) in [7, 11) is 1.72. The number of anilines is 1. The number of hydrogen-bond donors (Lipinski definition) is 2. The molecule has 9 heteroatoms. The van der Waals surface area contributed by atoms with E-state index in [1.807, 2.05) is 24.3 Å². The topological polar surface area (TPSA) is 62.4 Å². The third kappa shape index (κ3) is 3.72. The molecule has 2 aliphatic heterocycles. The van der Waals surface area contributed by atoms with Gasteiger partial charge in [-0.15, -0.1) is 0 Å². The van der Waals surface area contributed by atoms with Crippen LogP contribution in [0.3, 0.4) is 0 Å². The zero-order chi connectivity index (χ0) is 21.6. The quantitative estimate of drug-likeness (QED) is 0.647. The number of alkyl halides is 3. The number of rotatable bonds is 4. The van der Waals surface area contributed by atoms with Gasteiger partial charge in [0.05, 0.1) is 18.2 Å². The van der Waals surface area contributed by atoms with Gasteiger partial charge in [0.15, 0.2) is 0 Å². The van der Waals surface area contributed by atoms with Gasteiger partial charge >= 0.3 is 6.18 Å². The first kappa shape index (κ1) is 20.1. The highest BCUT2D eigenvalue weighted by atomic mass is 19.4. The van der Waals surface area contributed by atoms with Crippen LogP contribution in [0.1, 0.15) is 23.7 Å². The van der Waals surface area contributed by atoms with Crippen molar-refractivity contribution < 1.29 is 22.6 Å². The SMILES string of the molecule is CO[C@H]1CCN([C@H]2COc3ccccc3[C@@H]2Nc2ccnc3[nH]c(C(F)(F)F)cc23)C1. The van der Waals surface area contributed by atoms with Crippen LogP contribution in [0.15, 0.2) is 42.6 Å². The maximum Gasteiger partial charge on any atom is 0.431 e. The summed E-state index contributed by atoms with van der Waals surface area (Å²) >= 11 is 0. The average molecular weight is 432 g/mol. The Balaban J connectivity index is 1.52. The van der Waals surface area contributed by atoms with E-state index >= 15 is 0 Å². The lowest BCUT2D eigenvalue weighted by Gasteiger charge is -2.39. The first-order chi connectivity index (χ1) is 14.9. The van der Waals surface area contributed by atoms with E-state index in [0.29, 0.717) is 17.7 Å². The fourth-order valence-corrected chi connectivity index (χ4v) is 4.56. The second-order valence-electron chi connectivity index (χ2n) is 7.98. The van der Waals surface area contributed by atoms with Crippen molar-refractivity contribution in [1.82, 2.24) is 14.9 Å². The Hall–Kier alpha value is -2.78. The van der Waals surface area contributed by atoms with Crippen LogP contribution in [0.4, 0.5) is 18.9 Å². The molecular formula is C22H23F3N4O2. The van der Waals surface area contributed by atoms with Crippen LogP contribution in [-0.4, -0.2) is 53.8 Å². The second kappa shape index (κ2) is 7.72. The fraction of sp³-hybridized carbons (Fsp3) is 0.409. The molecule has 0 radical (unpaired) electrons. The van der Waals surface area contributed by atoms with Gasteiger partial charge in [-0.05, 0) is 24.6 Å². The molecule has 1 saturated heterocycles. The molecule has 0 aliphatic carbocycles. The summed E-state index contributed by atoms with van der Waals surface area (Å²) in [5, 5.41) is 3.93. The molecule has 0 bridgehead atoms. The van der Waals surface area contributed by atoms with Crippen molar-refractivity contribution in [1.29, 1.82) is 0 Å². The maximum atomic E-state index is 13.2. The highest BCUT2D eigenvalue weighted by molar-refractivity contribution is 5.90. The molecule has 6 nitrogen and oxygen atoms in total. The van der Waals surface area contributed by atoms with Crippen molar-refractivity contribution in [3.8, 4) is 5.75 Å². The summed E-state index contributed by atoms with van der Waals surface area (Å²) < 4.78 is 51.3. The van der Waals surface area contributed by atoms with Crippen LogP contribution < -0.4 is 10.1 Å². The number of fused-ring (bicyclic) bond motifs is 2. The Bertz CT molecular complexity index is 1080. The molecule has 3 atom stereocenters. The maximum absolute atomic E-state index is 13.2. The Kier molecular flexibility index (Phi) is 5.02. The molecule has 4 heterocycles. The lowest BCUT2D eigenvalue weighted by Crippen LogP contribution is -2.47. The molecule has 3 aromatic rings. The van der Waals surface area contributed by atoms with E-state index in [2.05, 4.69) is 20.2 Å². The van der Waals surface area contributed by atoms with Crippen molar-refractivity contribution in [2.75, 3.05) is 32.1 Å². The number of ether oxygens (including phenoxy) is 2.